The van der Waals surface area contributed by atoms with Crippen molar-refractivity contribution in [3.8, 4) is 45.0 Å². The van der Waals surface area contributed by atoms with Crippen LogP contribution in [0.25, 0.3) is 86.7 Å². The standard InChI is InChI=1S/C42H26N2S/c1-2-10-27(11-3-1)34-24-36(41-35-16-8-9-17-39(35)45-40(41)25-34)42-43-37(32-20-18-28-12-4-6-14-30(28)22-32)26-38(44-42)33-21-19-29-13-5-7-15-31(29)23-33/h1-26H. The Morgan fingerprint density at radius 2 is 0.956 bits per heavy atom. The van der Waals surface area contributed by atoms with Crippen molar-refractivity contribution >= 4 is 53.1 Å². The smallest absolute Gasteiger partial charge is 0.161 e. The molecule has 0 aliphatic heterocycles. The minimum absolute atomic E-state index is 0.732. The van der Waals surface area contributed by atoms with Gasteiger partial charge in [-0.05, 0) is 69.1 Å². The maximum absolute atomic E-state index is 5.33. The van der Waals surface area contributed by atoms with Crippen LogP contribution in [0.3, 0.4) is 0 Å². The lowest BCUT2D eigenvalue weighted by Crippen LogP contribution is -1.97. The molecule has 3 heteroatoms. The molecule has 0 unspecified atom stereocenters. The number of thiophene rings is 1. The molecule has 45 heavy (non-hydrogen) atoms. The van der Waals surface area contributed by atoms with E-state index in [4.69, 9.17) is 9.97 Å². The number of hydrogen-bond donors (Lipinski definition) is 0. The van der Waals surface area contributed by atoms with Crippen molar-refractivity contribution in [2.45, 2.75) is 0 Å². The van der Waals surface area contributed by atoms with E-state index in [2.05, 4.69) is 158 Å². The van der Waals surface area contributed by atoms with Gasteiger partial charge in [0.1, 0.15) is 0 Å². The molecule has 0 saturated carbocycles. The summed E-state index contributed by atoms with van der Waals surface area (Å²) in [5.41, 5.74) is 7.36. The molecule has 210 valence electrons. The van der Waals surface area contributed by atoms with E-state index in [9.17, 15) is 0 Å². The van der Waals surface area contributed by atoms with Gasteiger partial charge in [0.25, 0.3) is 0 Å². The summed E-state index contributed by atoms with van der Waals surface area (Å²) in [6.45, 7) is 0. The minimum Gasteiger partial charge on any atom is -0.228 e. The van der Waals surface area contributed by atoms with E-state index < -0.39 is 0 Å². The van der Waals surface area contributed by atoms with E-state index in [1.165, 1.54) is 47.3 Å². The molecule has 7 aromatic carbocycles. The monoisotopic (exact) mass is 590 g/mol. The van der Waals surface area contributed by atoms with Crippen molar-refractivity contribution in [3.63, 3.8) is 0 Å². The quantitative estimate of drug-likeness (QED) is 0.204. The summed E-state index contributed by atoms with van der Waals surface area (Å²) in [6.07, 6.45) is 0. The van der Waals surface area contributed by atoms with Crippen LogP contribution in [-0.4, -0.2) is 9.97 Å². The van der Waals surface area contributed by atoms with Gasteiger partial charge >= 0.3 is 0 Å². The summed E-state index contributed by atoms with van der Waals surface area (Å²) >= 11 is 1.83. The van der Waals surface area contributed by atoms with Crippen LogP contribution in [0.4, 0.5) is 0 Å². The van der Waals surface area contributed by atoms with Crippen LogP contribution in [0.5, 0.6) is 0 Å². The van der Waals surface area contributed by atoms with E-state index >= 15 is 0 Å². The average Bonchev–Trinajstić information content (AvgIpc) is 3.49. The highest BCUT2D eigenvalue weighted by atomic mass is 32.1. The molecular formula is C42H26N2S. The first-order valence-electron chi connectivity index (χ1n) is 15.2. The third kappa shape index (κ3) is 4.57. The lowest BCUT2D eigenvalue weighted by Gasteiger charge is -2.13. The fourth-order valence-corrected chi connectivity index (χ4v) is 7.56. The maximum Gasteiger partial charge on any atom is 0.161 e. The second-order valence-electron chi connectivity index (χ2n) is 11.4. The Morgan fingerprint density at radius 3 is 1.62 bits per heavy atom. The van der Waals surface area contributed by atoms with Gasteiger partial charge in [0.05, 0.1) is 11.4 Å². The van der Waals surface area contributed by atoms with Gasteiger partial charge in [0, 0.05) is 36.9 Å². The van der Waals surface area contributed by atoms with Crippen LogP contribution in [0, 0.1) is 0 Å². The molecule has 9 rings (SSSR count). The number of aromatic nitrogens is 2. The van der Waals surface area contributed by atoms with Gasteiger partial charge in [0.15, 0.2) is 5.82 Å². The molecule has 2 aromatic heterocycles. The number of benzene rings is 7. The highest BCUT2D eigenvalue weighted by Crippen LogP contribution is 2.43. The van der Waals surface area contributed by atoms with Crippen LogP contribution < -0.4 is 0 Å². The number of hydrogen-bond acceptors (Lipinski definition) is 3. The SMILES string of the molecule is c1ccc(-c2cc(-c3nc(-c4ccc5ccccc5c4)cc(-c4ccc5ccccc5c4)n3)c3c(c2)sc2ccccc23)cc1. The van der Waals surface area contributed by atoms with Gasteiger partial charge in [-0.2, -0.15) is 0 Å². The predicted octanol–water partition coefficient (Wildman–Crippen LogP) is 11.8. The predicted molar refractivity (Wildman–Crippen MR) is 192 cm³/mol. The van der Waals surface area contributed by atoms with Crippen LogP contribution in [0.2, 0.25) is 0 Å². The highest BCUT2D eigenvalue weighted by molar-refractivity contribution is 7.26. The molecule has 0 N–H and O–H groups in total. The van der Waals surface area contributed by atoms with Gasteiger partial charge < -0.3 is 0 Å². The molecule has 0 atom stereocenters. The summed E-state index contributed by atoms with van der Waals surface area (Å²) in [4.78, 5) is 10.7. The largest absolute Gasteiger partial charge is 0.228 e. The molecule has 0 aliphatic rings. The highest BCUT2D eigenvalue weighted by Gasteiger charge is 2.18. The Bertz CT molecular complexity index is 2450. The molecule has 0 saturated heterocycles. The molecule has 0 spiro atoms. The van der Waals surface area contributed by atoms with E-state index in [1.54, 1.807) is 0 Å². The summed E-state index contributed by atoms with van der Waals surface area (Å²) in [5.74, 6) is 0.732. The van der Waals surface area contributed by atoms with Crippen molar-refractivity contribution in [2.75, 3.05) is 0 Å². The Kier molecular flexibility index (Phi) is 6.03. The zero-order valence-corrected chi connectivity index (χ0v) is 25.1. The molecule has 9 aromatic rings. The fraction of sp³-hybridized carbons (Fsp3) is 0. The number of fused-ring (bicyclic) bond motifs is 5. The Hall–Kier alpha value is -5.64. The van der Waals surface area contributed by atoms with Crippen molar-refractivity contribution < 1.29 is 0 Å². The Labute approximate surface area is 264 Å². The van der Waals surface area contributed by atoms with E-state index in [0.29, 0.717) is 0 Å². The zero-order chi connectivity index (χ0) is 29.7. The normalized spacial score (nSPS) is 11.6. The van der Waals surface area contributed by atoms with Gasteiger partial charge in [-0.1, -0.05) is 121 Å². The lowest BCUT2D eigenvalue weighted by molar-refractivity contribution is 1.19. The topological polar surface area (TPSA) is 25.8 Å². The minimum atomic E-state index is 0.732. The van der Waals surface area contributed by atoms with Crippen LogP contribution in [0.1, 0.15) is 0 Å². The molecule has 0 bridgehead atoms. The summed E-state index contributed by atoms with van der Waals surface area (Å²) in [6, 6.07) is 56.2. The summed E-state index contributed by atoms with van der Waals surface area (Å²) in [7, 11) is 0. The van der Waals surface area contributed by atoms with Gasteiger partial charge in [-0.15, -0.1) is 11.3 Å². The lowest BCUT2D eigenvalue weighted by atomic mass is 9.97. The van der Waals surface area contributed by atoms with Crippen LogP contribution in [-0.2, 0) is 0 Å². The molecule has 0 amide bonds. The van der Waals surface area contributed by atoms with Crippen LogP contribution >= 0.6 is 11.3 Å². The van der Waals surface area contributed by atoms with E-state index in [0.717, 1.165) is 39.5 Å². The second-order valence-corrected chi connectivity index (χ2v) is 12.5. The first kappa shape index (κ1) is 25.8. The average molecular weight is 591 g/mol. The van der Waals surface area contributed by atoms with Crippen molar-refractivity contribution in [1.82, 2.24) is 9.97 Å². The van der Waals surface area contributed by atoms with Gasteiger partial charge in [0.2, 0.25) is 0 Å². The maximum atomic E-state index is 5.33. The second kappa shape index (κ2) is 10.5. The molecule has 2 nitrogen and oxygen atoms in total. The summed E-state index contributed by atoms with van der Waals surface area (Å²) < 4.78 is 2.50. The number of nitrogens with zero attached hydrogens (tertiary/aromatic N) is 2. The van der Waals surface area contributed by atoms with E-state index in [-0.39, 0.29) is 0 Å². The first-order chi connectivity index (χ1) is 22.3. The molecule has 0 radical (unpaired) electrons. The fourth-order valence-electron chi connectivity index (χ4n) is 6.39. The molecule has 0 fully saturated rings. The van der Waals surface area contributed by atoms with Gasteiger partial charge in [-0.3, -0.25) is 0 Å². The first-order valence-corrected chi connectivity index (χ1v) is 16.0. The van der Waals surface area contributed by atoms with Gasteiger partial charge in [-0.25, -0.2) is 9.97 Å². The van der Waals surface area contributed by atoms with Crippen molar-refractivity contribution in [1.29, 1.82) is 0 Å². The van der Waals surface area contributed by atoms with E-state index in [1.807, 2.05) is 11.3 Å². The summed E-state index contributed by atoms with van der Waals surface area (Å²) in [5, 5.41) is 7.26. The van der Waals surface area contributed by atoms with Crippen molar-refractivity contribution in [2.24, 2.45) is 0 Å². The van der Waals surface area contributed by atoms with Crippen LogP contribution in [0.15, 0.2) is 158 Å². The zero-order valence-electron chi connectivity index (χ0n) is 24.3. The molecule has 0 aliphatic carbocycles. The van der Waals surface area contributed by atoms with Crippen molar-refractivity contribution in [3.05, 3.63) is 158 Å². The third-order valence-corrected chi connectivity index (χ3v) is 9.76. The Morgan fingerprint density at radius 1 is 0.378 bits per heavy atom. The molecule has 2 heterocycles. The number of rotatable bonds is 4. The Balaban J connectivity index is 1.34. The molecular weight excluding hydrogens is 565 g/mol. The third-order valence-electron chi connectivity index (χ3n) is 8.64.